The summed E-state index contributed by atoms with van der Waals surface area (Å²) in [4.78, 5) is 36.5. The van der Waals surface area contributed by atoms with Gasteiger partial charge in [0.25, 0.3) is 0 Å². The first kappa shape index (κ1) is 21.1. The highest BCUT2D eigenvalue weighted by Gasteiger charge is 2.41. The van der Waals surface area contributed by atoms with Crippen molar-refractivity contribution in [1.82, 2.24) is 10.2 Å². The molecule has 0 aliphatic carbocycles. The predicted molar refractivity (Wildman–Crippen MR) is 91.3 cm³/mol. The highest BCUT2D eigenvalue weighted by molar-refractivity contribution is 5.81. The number of likely N-dealkylation sites (tertiary alicyclic amines) is 1. The van der Waals surface area contributed by atoms with E-state index in [0.717, 1.165) is 0 Å². The molecular weight excluding hydrogens is 328 g/mol. The molecule has 1 rings (SSSR count). The molecule has 2 amide bonds. The van der Waals surface area contributed by atoms with Crippen LogP contribution in [0.3, 0.4) is 0 Å². The highest BCUT2D eigenvalue weighted by atomic mass is 16.6. The number of carboxylic acid groups (broad SMARTS) is 1. The summed E-state index contributed by atoms with van der Waals surface area (Å²) in [6.45, 7) is 11.2. The summed E-state index contributed by atoms with van der Waals surface area (Å²) in [5, 5.41) is 12.0. The van der Waals surface area contributed by atoms with Gasteiger partial charge in [0.15, 0.2) is 0 Å². The van der Waals surface area contributed by atoms with Gasteiger partial charge in [0, 0.05) is 13.1 Å². The molecule has 25 heavy (non-hydrogen) atoms. The van der Waals surface area contributed by atoms with E-state index in [4.69, 9.17) is 9.47 Å². The van der Waals surface area contributed by atoms with E-state index in [0.29, 0.717) is 25.9 Å². The number of hydrogen-bond acceptors (Lipinski definition) is 5. The summed E-state index contributed by atoms with van der Waals surface area (Å²) in [5.41, 5.74) is -1.25. The van der Waals surface area contributed by atoms with Gasteiger partial charge in [-0.3, -0.25) is 4.90 Å². The van der Waals surface area contributed by atoms with Crippen molar-refractivity contribution in [3.05, 3.63) is 0 Å². The first-order valence-corrected chi connectivity index (χ1v) is 8.48. The molecule has 8 heteroatoms. The maximum atomic E-state index is 12.2. The van der Waals surface area contributed by atoms with Crippen LogP contribution >= 0.6 is 0 Å². The van der Waals surface area contributed by atoms with Crippen LogP contribution in [0.1, 0.15) is 54.4 Å². The molecule has 1 aliphatic rings. The van der Waals surface area contributed by atoms with Gasteiger partial charge in [-0.15, -0.1) is 0 Å². The van der Waals surface area contributed by atoms with Crippen molar-refractivity contribution in [1.29, 1.82) is 0 Å². The Morgan fingerprint density at radius 2 is 1.64 bits per heavy atom. The minimum Gasteiger partial charge on any atom is -0.480 e. The van der Waals surface area contributed by atoms with Crippen molar-refractivity contribution in [2.75, 3.05) is 13.1 Å². The molecule has 0 radical (unpaired) electrons. The summed E-state index contributed by atoms with van der Waals surface area (Å²) in [6, 6.07) is -0.902. The Kier molecular flexibility index (Phi) is 6.68. The second-order valence-corrected chi connectivity index (χ2v) is 8.31. The van der Waals surface area contributed by atoms with Crippen molar-refractivity contribution < 1.29 is 29.0 Å². The number of aliphatic carboxylic acids is 1. The Hall–Kier alpha value is -1.99. The molecular formula is C17H30N2O6. The van der Waals surface area contributed by atoms with E-state index in [1.165, 1.54) is 4.90 Å². The van der Waals surface area contributed by atoms with Gasteiger partial charge in [-0.05, 0) is 60.3 Å². The molecule has 1 fully saturated rings. The fourth-order valence-corrected chi connectivity index (χ4v) is 2.58. The monoisotopic (exact) mass is 358 g/mol. The number of hydrogen-bond donors (Lipinski definition) is 2. The van der Waals surface area contributed by atoms with Gasteiger partial charge in [0.2, 0.25) is 0 Å². The molecule has 2 unspecified atom stereocenters. The second-order valence-electron chi connectivity index (χ2n) is 8.31. The van der Waals surface area contributed by atoms with Gasteiger partial charge < -0.3 is 19.9 Å². The number of nitrogens with zero attached hydrogens (tertiary/aromatic N) is 1. The van der Waals surface area contributed by atoms with Gasteiger partial charge in [-0.2, -0.15) is 0 Å². The Labute approximate surface area is 148 Å². The average molecular weight is 358 g/mol. The topological polar surface area (TPSA) is 105 Å². The molecule has 0 aromatic rings. The van der Waals surface area contributed by atoms with Crippen molar-refractivity contribution in [2.45, 2.75) is 71.6 Å². The zero-order valence-corrected chi connectivity index (χ0v) is 15.9. The SMILES string of the molecule is CC(C)(C)OC(=O)NCCC1CC(C(=O)O)N(C(=O)OC(C)(C)C)C1. The number of alkyl carbamates (subject to hydrolysis) is 1. The molecule has 0 saturated carbocycles. The fraction of sp³-hybridized carbons (Fsp3) is 0.824. The Bertz CT molecular complexity index is 506. The van der Waals surface area contributed by atoms with Gasteiger partial charge in [0.1, 0.15) is 17.2 Å². The third-order valence-electron chi connectivity index (χ3n) is 3.52. The van der Waals surface area contributed by atoms with Crippen LogP contribution in [0.5, 0.6) is 0 Å². The predicted octanol–water partition coefficient (Wildman–Crippen LogP) is 2.61. The van der Waals surface area contributed by atoms with Crippen LogP contribution in [0, 0.1) is 5.92 Å². The second kappa shape index (κ2) is 7.93. The summed E-state index contributed by atoms with van der Waals surface area (Å²) in [7, 11) is 0. The minimum atomic E-state index is -1.05. The van der Waals surface area contributed by atoms with Gasteiger partial charge in [0.05, 0.1) is 0 Å². The number of nitrogens with one attached hydrogen (secondary N) is 1. The Balaban J connectivity index is 2.54. The number of amides is 2. The minimum absolute atomic E-state index is 0.0245. The molecule has 8 nitrogen and oxygen atoms in total. The van der Waals surface area contributed by atoms with E-state index in [1.54, 1.807) is 41.5 Å². The van der Waals surface area contributed by atoms with E-state index >= 15 is 0 Å². The number of rotatable bonds is 4. The van der Waals surface area contributed by atoms with E-state index in [2.05, 4.69) is 5.32 Å². The van der Waals surface area contributed by atoms with Crippen LogP contribution in [0.15, 0.2) is 0 Å². The van der Waals surface area contributed by atoms with Crippen LogP contribution in [0.25, 0.3) is 0 Å². The lowest BCUT2D eigenvalue weighted by molar-refractivity contribution is -0.142. The normalized spacial score (nSPS) is 21.0. The van der Waals surface area contributed by atoms with Crippen LogP contribution in [0.4, 0.5) is 9.59 Å². The number of carbonyl (C=O) groups is 3. The molecule has 1 heterocycles. The first-order chi connectivity index (χ1) is 11.3. The van der Waals surface area contributed by atoms with Crippen molar-refractivity contribution in [3.63, 3.8) is 0 Å². The number of ether oxygens (including phenoxy) is 2. The fourth-order valence-electron chi connectivity index (χ4n) is 2.58. The molecule has 0 aromatic carbocycles. The van der Waals surface area contributed by atoms with E-state index < -0.39 is 35.4 Å². The summed E-state index contributed by atoms with van der Waals surface area (Å²) in [6.07, 6.45) is -0.237. The first-order valence-electron chi connectivity index (χ1n) is 8.48. The third kappa shape index (κ3) is 7.62. The van der Waals surface area contributed by atoms with Crippen LogP contribution < -0.4 is 5.32 Å². The van der Waals surface area contributed by atoms with Crippen molar-refractivity contribution >= 4 is 18.2 Å². The van der Waals surface area contributed by atoms with Crippen molar-refractivity contribution in [3.8, 4) is 0 Å². The molecule has 0 spiro atoms. The maximum Gasteiger partial charge on any atom is 0.411 e. The lowest BCUT2D eigenvalue weighted by atomic mass is 10.0. The zero-order valence-electron chi connectivity index (χ0n) is 15.9. The smallest absolute Gasteiger partial charge is 0.411 e. The summed E-state index contributed by atoms with van der Waals surface area (Å²) in [5.74, 6) is -1.07. The number of carboxylic acids is 1. The third-order valence-corrected chi connectivity index (χ3v) is 3.52. The average Bonchev–Trinajstić information content (AvgIpc) is 2.79. The van der Waals surface area contributed by atoms with Gasteiger partial charge in [-0.1, -0.05) is 0 Å². The van der Waals surface area contributed by atoms with E-state index in [1.807, 2.05) is 0 Å². The van der Waals surface area contributed by atoms with Crippen LogP contribution in [-0.4, -0.2) is 58.5 Å². The molecule has 2 atom stereocenters. The summed E-state index contributed by atoms with van der Waals surface area (Å²) >= 11 is 0. The zero-order chi connectivity index (χ0) is 19.4. The van der Waals surface area contributed by atoms with Crippen molar-refractivity contribution in [2.24, 2.45) is 5.92 Å². The Morgan fingerprint density at radius 1 is 1.08 bits per heavy atom. The molecule has 1 aliphatic heterocycles. The highest BCUT2D eigenvalue weighted by Crippen LogP contribution is 2.27. The van der Waals surface area contributed by atoms with Gasteiger partial charge >= 0.3 is 18.2 Å². The molecule has 0 aromatic heterocycles. The maximum absolute atomic E-state index is 12.2. The Morgan fingerprint density at radius 3 is 2.12 bits per heavy atom. The van der Waals surface area contributed by atoms with Crippen LogP contribution in [0.2, 0.25) is 0 Å². The lowest BCUT2D eigenvalue weighted by Crippen LogP contribution is -2.43. The molecule has 2 N–H and O–H groups in total. The largest absolute Gasteiger partial charge is 0.480 e. The van der Waals surface area contributed by atoms with Gasteiger partial charge in [-0.25, -0.2) is 14.4 Å². The molecule has 1 saturated heterocycles. The summed E-state index contributed by atoms with van der Waals surface area (Å²) < 4.78 is 10.4. The van der Waals surface area contributed by atoms with E-state index in [-0.39, 0.29) is 5.92 Å². The lowest BCUT2D eigenvalue weighted by Gasteiger charge is -2.26. The molecule has 0 bridgehead atoms. The molecule has 144 valence electrons. The van der Waals surface area contributed by atoms with Crippen LogP contribution in [-0.2, 0) is 14.3 Å². The van der Waals surface area contributed by atoms with E-state index in [9.17, 15) is 19.5 Å². The quantitative estimate of drug-likeness (QED) is 0.800. The number of carbonyl (C=O) groups excluding carboxylic acids is 2. The standard InChI is InChI=1S/C17H30N2O6/c1-16(2,3)24-14(22)18-8-7-11-9-12(13(20)21)19(10-11)15(23)25-17(4,5)6/h11-12H,7-10H2,1-6H3,(H,18,22)(H,20,21).